The molecular formula is C18H32N2O6. The molecule has 2 atom stereocenters. The van der Waals surface area contributed by atoms with Crippen LogP contribution >= 0.6 is 0 Å². The van der Waals surface area contributed by atoms with Crippen molar-refractivity contribution in [2.75, 3.05) is 33.4 Å². The van der Waals surface area contributed by atoms with E-state index in [1.54, 1.807) is 39.5 Å². The molecule has 1 heterocycles. The monoisotopic (exact) mass is 372 g/mol. The van der Waals surface area contributed by atoms with Gasteiger partial charge in [-0.2, -0.15) is 0 Å². The lowest BCUT2D eigenvalue weighted by atomic mass is 10.0. The van der Waals surface area contributed by atoms with Crippen molar-refractivity contribution in [1.29, 1.82) is 0 Å². The Labute approximate surface area is 155 Å². The molecule has 8 heteroatoms. The molecule has 26 heavy (non-hydrogen) atoms. The molecule has 0 spiro atoms. The van der Waals surface area contributed by atoms with Crippen LogP contribution in [0.5, 0.6) is 0 Å². The smallest absolute Gasteiger partial charge is 0.410 e. The van der Waals surface area contributed by atoms with E-state index in [0.29, 0.717) is 26.3 Å². The van der Waals surface area contributed by atoms with Gasteiger partial charge in [-0.3, -0.25) is 14.5 Å². The van der Waals surface area contributed by atoms with Crippen LogP contribution in [-0.4, -0.2) is 78.9 Å². The summed E-state index contributed by atoms with van der Waals surface area (Å²) in [6.07, 6.45) is -0.167. The highest BCUT2D eigenvalue weighted by atomic mass is 16.6. The molecular weight excluding hydrogens is 340 g/mol. The van der Waals surface area contributed by atoms with Crippen LogP contribution in [0, 0.1) is 0 Å². The van der Waals surface area contributed by atoms with Crippen LogP contribution < -0.4 is 0 Å². The summed E-state index contributed by atoms with van der Waals surface area (Å²) in [4.78, 5) is 39.8. The van der Waals surface area contributed by atoms with Crippen LogP contribution in [0.25, 0.3) is 0 Å². The SMILES string of the molecule is CCOC(=O)CC1CN(C(=O)OC(C)(C)C)C[C@@H](CC(=O)OCC)N1C. The van der Waals surface area contributed by atoms with Gasteiger partial charge in [0.25, 0.3) is 0 Å². The van der Waals surface area contributed by atoms with Gasteiger partial charge in [-0.25, -0.2) is 4.79 Å². The third-order valence-corrected chi connectivity index (χ3v) is 4.08. The molecule has 1 amide bonds. The molecule has 0 bridgehead atoms. The first-order valence-corrected chi connectivity index (χ1v) is 9.08. The zero-order valence-electron chi connectivity index (χ0n) is 16.7. The average molecular weight is 372 g/mol. The third kappa shape index (κ3) is 7.19. The quantitative estimate of drug-likeness (QED) is 0.519. The molecule has 0 aromatic rings. The van der Waals surface area contributed by atoms with Gasteiger partial charge in [-0.1, -0.05) is 0 Å². The number of carbonyl (C=O) groups excluding carboxylic acids is 3. The number of amides is 1. The molecule has 0 radical (unpaired) electrons. The van der Waals surface area contributed by atoms with Crippen molar-refractivity contribution in [3.63, 3.8) is 0 Å². The zero-order chi connectivity index (χ0) is 19.9. The van der Waals surface area contributed by atoms with Gasteiger partial charge in [0.15, 0.2) is 0 Å². The Morgan fingerprint density at radius 1 is 0.923 bits per heavy atom. The van der Waals surface area contributed by atoms with Crippen LogP contribution in [0.2, 0.25) is 0 Å². The first kappa shape index (κ1) is 22.2. The van der Waals surface area contributed by atoms with E-state index in [4.69, 9.17) is 14.2 Å². The predicted octanol–water partition coefficient (Wildman–Crippen LogP) is 1.81. The standard InChI is InChI=1S/C18H32N2O6/c1-7-24-15(21)9-13-11-20(17(23)26-18(3,4)5)12-14(19(13)6)10-16(22)25-8-2/h13-14H,7-12H2,1-6H3/t13-,14?/m1/s1. The Bertz CT molecular complexity index is 472. The molecule has 1 aliphatic rings. The lowest BCUT2D eigenvalue weighted by Gasteiger charge is -2.44. The number of rotatable bonds is 6. The fourth-order valence-electron chi connectivity index (χ4n) is 2.86. The number of esters is 2. The lowest BCUT2D eigenvalue weighted by molar-refractivity contribution is -0.147. The van der Waals surface area contributed by atoms with E-state index in [-0.39, 0.29) is 36.9 Å². The summed E-state index contributed by atoms with van der Waals surface area (Å²) in [6, 6.07) is -0.510. The Hall–Kier alpha value is -1.83. The van der Waals surface area contributed by atoms with Crippen molar-refractivity contribution in [3.05, 3.63) is 0 Å². The number of piperazine rings is 1. The molecule has 1 saturated heterocycles. The Morgan fingerprint density at radius 2 is 1.35 bits per heavy atom. The van der Waals surface area contributed by atoms with E-state index in [1.165, 1.54) is 0 Å². The molecule has 1 rings (SSSR count). The number of nitrogens with zero attached hydrogens (tertiary/aromatic N) is 2. The van der Waals surface area contributed by atoms with Crippen molar-refractivity contribution in [2.24, 2.45) is 0 Å². The minimum Gasteiger partial charge on any atom is -0.466 e. The van der Waals surface area contributed by atoms with E-state index < -0.39 is 11.7 Å². The molecule has 0 aromatic carbocycles. The Kier molecular flexibility index (Phi) is 8.33. The summed E-state index contributed by atoms with van der Waals surface area (Å²) in [5.74, 6) is -0.657. The number of likely N-dealkylation sites (N-methyl/N-ethyl adjacent to an activating group) is 1. The Balaban J connectivity index is 2.89. The maximum atomic E-state index is 12.5. The molecule has 1 unspecified atom stereocenters. The first-order chi connectivity index (χ1) is 12.1. The average Bonchev–Trinajstić information content (AvgIpc) is 2.49. The van der Waals surface area contributed by atoms with E-state index in [2.05, 4.69) is 0 Å². The van der Waals surface area contributed by atoms with E-state index in [9.17, 15) is 14.4 Å². The summed E-state index contributed by atoms with van der Waals surface area (Å²) in [5, 5.41) is 0. The molecule has 0 aromatic heterocycles. The molecule has 1 fully saturated rings. The normalized spacial score (nSPS) is 21.2. The third-order valence-electron chi connectivity index (χ3n) is 4.08. The van der Waals surface area contributed by atoms with E-state index >= 15 is 0 Å². The van der Waals surface area contributed by atoms with E-state index in [1.807, 2.05) is 11.9 Å². The minimum atomic E-state index is -0.617. The van der Waals surface area contributed by atoms with Gasteiger partial charge in [0.1, 0.15) is 5.60 Å². The van der Waals surface area contributed by atoms with Crippen molar-refractivity contribution in [3.8, 4) is 0 Å². The van der Waals surface area contributed by atoms with Gasteiger partial charge in [0.05, 0.1) is 26.1 Å². The number of carbonyl (C=O) groups is 3. The molecule has 0 aliphatic carbocycles. The highest BCUT2D eigenvalue weighted by molar-refractivity contribution is 5.72. The Morgan fingerprint density at radius 3 is 1.69 bits per heavy atom. The topological polar surface area (TPSA) is 85.4 Å². The summed E-state index contributed by atoms with van der Waals surface area (Å²) in [5.41, 5.74) is -0.617. The molecule has 0 N–H and O–H groups in total. The van der Waals surface area contributed by atoms with E-state index in [0.717, 1.165) is 0 Å². The summed E-state index contributed by atoms with van der Waals surface area (Å²) >= 11 is 0. The van der Waals surface area contributed by atoms with Crippen LogP contribution in [0.3, 0.4) is 0 Å². The summed E-state index contributed by atoms with van der Waals surface area (Å²) in [6.45, 7) is 10.2. The van der Waals surface area contributed by atoms with Crippen molar-refractivity contribution < 1.29 is 28.6 Å². The second-order valence-electron chi connectivity index (χ2n) is 7.38. The van der Waals surface area contributed by atoms with Crippen LogP contribution in [0.1, 0.15) is 47.5 Å². The van der Waals surface area contributed by atoms with Crippen LogP contribution in [-0.2, 0) is 23.8 Å². The molecule has 1 aliphatic heterocycles. The minimum absolute atomic E-state index is 0.142. The fourth-order valence-corrected chi connectivity index (χ4v) is 2.86. The molecule has 0 saturated carbocycles. The maximum Gasteiger partial charge on any atom is 0.410 e. The number of hydrogen-bond donors (Lipinski definition) is 0. The zero-order valence-corrected chi connectivity index (χ0v) is 16.7. The van der Waals surface area contributed by atoms with Gasteiger partial charge >= 0.3 is 18.0 Å². The number of hydrogen-bond acceptors (Lipinski definition) is 7. The largest absolute Gasteiger partial charge is 0.466 e. The van der Waals surface area contributed by atoms with Gasteiger partial charge < -0.3 is 19.1 Å². The van der Waals surface area contributed by atoms with Crippen molar-refractivity contribution in [1.82, 2.24) is 9.80 Å². The summed E-state index contributed by atoms with van der Waals surface area (Å²) in [7, 11) is 1.85. The van der Waals surface area contributed by atoms with Crippen LogP contribution in [0.4, 0.5) is 4.79 Å². The lowest BCUT2D eigenvalue weighted by Crippen LogP contribution is -2.60. The fraction of sp³-hybridized carbons (Fsp3) is 0.833. The maximum absolute atomic E-state index is 12.5. The van der Waals surface area contributed by atoms with Crippen LogP contribution in [0.15, 0.2) is 0 Å². The van der Waals surface area contributed by atoms with Crippen molar-refractivity contribution in [2.45, 2.75) is 65.1 Å². The second kappa shape index (κ2) is 9.75. The number of ether oxygens (including phenoxy) is 3. The highest BCUT2D eigenvalue weighted by Crippen LogP contribution is 2.22. The van der Waals surface area contributed by atoms with Gasteiger partial charge in [-0.05, 0) is 41.7 Å². The van der Waals surface area contributed by atoms with Gasteiger partial charge in [0.2, 0.25) is 0 Å². The van der Waals surface area contributed by atoms with Gasteiger partial charge in [0, 0.05) is 25.2 Å². The van der Waals surface area contributed by atoms with Crippen molar-refractivity contribution >= 4 is 18.0 Å². The molecule has 150 valence electrons. The summed E-state index contributed by atoms with van der Waals surface area (Å²) < 4.78 is 15.5. The predicted molar refractivity (Wildman–Crippen MR) is 95.6 cm³/mol. The molecule has 8 nitrogen and oxygen atoms in total. The first-order valence-electron chi connectivity index (χ1n) is 9.08. The second-order valence-corrected chi connectivity index (χ2v) is 7.38. The van der Waals surface area contributed by atoms with Gasteiger partial charge in [-0.15, -0.1) is 0 Å². The highest BCUT2D eigenvalue weighted by Gasteiger charge is 2.38.